The van der Waals surface area contributed by atoms with Crippen LogP contribution in [0.3, 0.4) is 0 Å². The van der Waals surface area contributed by atoms with E-state index in [1.807, 2.05) is 24.0 Å². The second-order valence-electron chi connectivity index (χ2n) is 4.13. The summed E-state index contributed by atoms with van der Waals surface area (Å²) in [5.74, 6) is 0. The number of rotatable bonds is 4. The molecule has 0 saturated heterocycles. The predicted octanol–water partition coefficient (Wildman–Crippen LogP) is 1.61. The highest BCUT2D eigenvalue weighted by Crippen LogP contribution is 2.09. The molecule has 0 saturated carbocycles. The Kier molecular flexibility index (Phi) is 3.10. The Morgan fingerprint density at radius 2 is 2.12 bits per heavy atom. The van der Waals surface area contributed by atoms with E-state index in [2.05, 4.69) is 47.3 Å². The van der Waals surface area contributed by atoms with Crippen LogP contribution in [0.2, 0.25) is 0 Å². The van der Waals surface area contributed by atoms with Crippen LogP contribution in [0.15, 0.2) is 30.6 Å². The first kappa shape index (κ1) is 11.0. The van der Waals surface area contributed by atoms with Crippen LogP contribution in [-0.4, -0.2) is 14.3 Å². The Balaban J connectivity index is 1.93. The Hall–Kier alpha value is -1.55. The van der Waals surface area contributed by atoms with Gasteiger partial charge in [0.1, 0.15) is 0 Å². The van der Waals surface area contributed by atoms with Crippen molar-refractivity contribution in [1.29, 1.82) is 0 Å². The maximum atomic E-state index is 4.38. The van der Waals surface area contributed by atoms with E-state index < -0.39 is 0 Å². The molecular weight excluding hydrogens is 200 g/mol. The second-order valence-corrected chi connectivity index (χ2v) is 4.13. The van der Waals surface area contributed by atoms with Gasteiger partial charge in [-0.15, -0.1) is 0 Å². The predicted molar refractivity (Wildman–Crippen MR) is 63.9 cm³/mol. The average Bonchev–Trinajstić information content (AvgIpc) is 2.84. The number of aromatic nitrogens is 3. The Labute approximate surface area is 95.9 Å². The Morgan fingerprint density at radius 3 is 2.69 bits per heavy atom. The van der Waals surface area contributed by atoms with Gasteiger partial charge in [0.2, 0.25) is 0 Å². The van der Waals surface area contributed by atoms with Gasteiger partial charge in [0.15, 0.2) is 0 Å². The van der Waals surface area contributed by atoms with Crippen LogP contribution in [0.5, 0.6) is 0 Å². The summed E-state index contributed by atoms with van der Waals surface area (Å²) in [7, 11) is 4.00. The Bertz CT molecular complexity index is 455. The monoisotopic (exact) mass is 218 g/mol. The molecular formula is C12H18N4. The SMILES string of the molecule is CC(NCc1cccn1C)c1ccn(C)n1. The summed E-state index contributed by atoms with van der Waals surface area (Å²) in [5.41, 5.74) is 2.36. The number of nitrogens with zero attached hydrogens (tertiary/aromatic N) is 3. The standard InChI is InChI=1S/C12H18N4/c1-10(12-6-8-16(3)14-12)13-9-11-5-4-7-15(11)2/h4-8,10,13H,9H2,1-3H3. The van der Waals surface area contributed by atoms with Crippen molar-refractivity contribution in [1.82, 2.24) is 19.7 Å². The van der Waals surface area contributed by atoms with E-state index in [1.165, 1.54) is 5.69 Å². The van der Waals surface area contributed by atoms with Gasteiger partial charge in [-0.1, -0.05) is 0 Å². The maximum Gasteiger partial charge on any atom is 0.0791 e. The van der Waals surface area contributed by atoms with E-state index in [0.717, 1.165) is 12.2 Å². The molecule has 2 aromatic rings. The van der Waals surface area contributed by atoms with Crippen molar-refractivity contribution in [2.45, 2.75) is 19.5 Å². The van der Waals surface area contributed by atoms with Crippen LogP contribution in [0.1, 0.15) is 24.4 Å². The summed E-state index contributed by atoms with van der Waals surface area (Å²) >= 11 is 0. The summed E-state index contributed by atoms with van der Waals surface area (Å²) < 4.78 is 3.95. The van der Waals surface area contributed by atoms with E-state index in [9.17, 15) is 0 Å². The summed E-state index contributed by atoms with van der Waals surface area (Å²) in [6, 6.07) is 6.50. The molecule has 0 aromatic carbocycles. The van der Waals surface area contributed by atoms with E-state index in [4.69, 9.17) is 0 Å². The summed E-state index contributed by atoms with van der Waals surface area (Å²) in [4.78, 5) is 0. The molecule has 86 valence electrons. The summed E-state index contributed by atoms with van der Waals surface area (Å²) in [5, 5.41) is 7.84. The van der Waals surface area contributed by atoms with Crippen molar-refractivity contribution < 1.29 is 0 Å². The molecule has 1 unspecified atom stereocenters. The molecule has 0 aliphatic carbocycles. The van der Waals surface area contributed by atoms with Gasteiger partial charge in [0.25, 0.3) is 0 Å². The average molecular weight is 218 g/mol. The van der Waals surface area contributed by atoms with Crippen LogP contribution >= 0.6 is 0 Å². The highest BCUT2D eigenvalue weighted by atomic mass is 15.3. The van der Waals surface area contributed by atoms with Crippen LogP contribution in [-0.2, 0) is 20.6 Å². The number of nitrogens with one attached hydrogen (secondary N) is 1. The van der Waals surface area contributed by atoms with Gasteiger partial charge in [0, 0.05) is 44.8 Å². The van der Waals surface area contributed by atoms with Crippen molar-refractivity contribution in [3.05, 3.63) is 42.0 Å². The summed E-state index contributed by atoms with van der Waals surface area (Å²) in [6.45, 7) is 2.99. The highest BCUT2D eigenvalue weighted by molar-refractivity contribution is 5.08. The molecule has 1 N–H and O–H groups in total. The molecule has 0 aliphatic rings. The van der Waals surface area contributed by atoms with Gasteiger partial charge in [-0.05, 0) is 25.1 Å². The second kappa shape index (κ2) is 4.53. The third kappa shape index (κ3) is 2.33. The van der Waals surface area contributed by atoms with Crippen LogP contribution in [0.25, 0.3) is 0 Å². The minimum atomic E-state index is 0.274. The molecule has 0 aliphatic heterocycles. The van der Waals surface area contributed by atoms with E-state index in [0.29, 0.717) is 0 Å². The lowest BCUT2D eigenvalue weighted by Gasteiger charge is -2.11. The molecule has 4 heteroatoms. The van der Waals surface area contributed by atoms with Crippen molar-refractivity contribution in [2.75, 3.05) is 0 Å². The van der Waals surface area contributed by atoms with Crippen molar-refractivity contribution >= 4 is 0 Å². The molecule has 2 aromatic heterocycles. The van der Waals surface area contributed by atoms with Crippen LogP contribution in [0.4, 0.5) is 0 Å². The third-order valence-electron chi connectivity index (χ3n) is 2.82. The molecule has 1 atom stereocenters. The quantitative estimate of drug-likeness (QED) is 0.846. The van der Waals surface area contributed by atoms with E-state index in [1.54, 1.807) is 0 Å². The van der Waals surface area contributed by atoms with Crippen molar-refractivity contribution in [3.8, 4) is 0 Å². The first-order valence-electron chi connectivity index (χ1n) is 5.50. The lowest BCUT2D eigenvalue weighted by Crippen LogP contribution is -2.20. The molecule has 0 spiro atoms. The lowest BCUT2D eigenvalue weighted by atomic mass is 10.2. The van der Waals surface area contributed by atoms with Crippen LogP contribution < -0.4 is 5.32 Å². The summed E-state index contributed by atoms with van der Waals surface area (Å²) in [6.07, 6.45) is 4.03. The fraction of sp³-hybridized carbons (Fsp3) is 0.417. The smallest absolute Gasteiger partial charge is 0.0791 e. The van der Waals surface area contributed by atoms with E-state index in [-0.39, 0.29) is 6.04 Å². The minimum absolute atomic E-state index is 0.274. The zero-order valence-corrected chi connectivity index (χ0v) is 10.0. The van der Waals surface area contributed by atoms with Gasteiger partial charge >= 0.3 is 0 Å². The van der Waals surface area contributed by atoms with Crippen LogP contribution in [0, 0.1) is 0 Å². The molecule has 2 rings (SSSR count). The molecule has 2 heterocycles. The molecule has 0 bridgehead atoms. The maximum absolute atomic E-state index is 4.38. The number of hydrogen-bond acceptors (Lipinski definition) is 2. The largest absolute Gasteiger partial charge is 0.353 e. The van der Waals surface area contributed by atoms with Gasteiger partial charge in [-0.2, -0.15) is 5.10 Å². The zero-order chi connectivity index (χ0) is 11.5. The topological polar surface area (TPSA) is 34.8 Å². The van der Waals surface area contributed by atoms with Gasteiger partial charge in [0.05, 0.1) is 5.69 Å². The van der Waals surface area contributed by atoms with Crippen molar-refractivity contribution in [2.24, 2.45) is 14.1 Å². The molecule has 4 nitrogen and oxygen atoms in total. The third-order valence-corrected chi connectivity index (χ3v) is 2.82. The lowest BCUT2D eigenvalue weighted by molar-refractivity contribution is 0.538. The van der Waals surface area contributed by atoms with Gasteiger partial charge in [-0.25, -0.2) is 0 Å². The minimum Gasteiger partial charge on any atom is -0.353 e. The normalized spacial score (nSPS) is 12.9. The fourth-order valence-corrected chi connectivity index (χ4v) is 1.71. The van der Waals surface area contributed by atoms with Crippen molar-refractivity contribution in [3.63, 3.8) is 0 Å². The first-order valence-corrected chi connectivity index (χ1v) is 5.50. The number of aryl methyl sites for hydroxylation is 2. The molecule has 0 fully saturated rings. The fourth-order valence-electron chi connectivity index (χ4n) is 1.71. The Morgan fingerprint density at radius 1 is 1.31 bits per heavy atom. The zero-order valence-electron chi connectivity index (χ0n) is 10.0. The molecule has 0 amide bonds. The first-order chi connectivity index (χ1) is 7.66. The molecule has 16 heavy (non-hydrogen) atoms. The highest BCUT2D eigenvalue weighted by Gasteiger charge is 2.08. The van der Waals surface area contributed by atoms with E-state index >= 15 is 0 Å². The van der Waals surface area contributed by atoms with Gasteiger partial charge in [-0.3, -0.25) is 4.68 Å². The van der Waals surface area contributed by atoms with Gasteiger partial charge < -0.3 is 9.88 Å². The number of hydrogen-bond donors (Lipinski definition) is 1. The molecule has 0 radical (unpaired) electrons.